The lowest BCUT2D eigenvalue weighted by molar-refractivity contribution is 0.0635. The van der Waals surface area contributed by atoms with Gasteiger partial charge in [0.1, 0.15) is 17.3 Å². The number of furan rings is 1. The number of carbonyl (C=O) groups is 1. The molecule has 53 heavy (non-hydrogen) atoms. The Kier molecular flexibility index (Phi) is 10.1. The van der Waals surface area contributed by atoms with Crippen molar-refractivity contribution in [1.29, 1.82) is 0 Å². The number of carbonyl (C=O) groups excluding carboxylic acids is 1. The van der Waals surface area contributed by atoms with Gasteiger partial charge in [-0.05, 0) is 111 Å². The maximum atomic E-state index is 14.1. The Morgan fingerprint density at radius 1 is 0.943 bits per heavy atom. The monoisotopic (exact) mass is 733 g/mol. The van der Waals surface area contributed by atoms with Gasteiger partial charge in [-0.1, -0.05) is 41.9 Å². The van der Waals surface area contributed by atoms with E-state index in [0.717, 1.165) is 62.2 Å². The molecule has 2 fully saturated rings. The number of benzene rings is 3. The number of para-hydroxylation sites is 1. The summed E-state index contributed by atoms with van der Waals surface area (Å²) in [6, 6.07) is 27.8. The van der Waals surface area contributed by atoms with E-state index < -0.39 is 0 Å². The van der Waals surface area contributed by atoms with Crippen molar-refractivity contribution in [3.63, 3.8) is 0 Å². The number of amides is 1. The van der Waals surface area contributed by atoms with Crippen molar-refractivity contribution < 1.29 is 18.0 Å². The standard InChI is InChI=1S/C41H41ClFN7O3/c1-48(26-39-46-47-40(53-39)34-9-3-4-10-35(34)42)23-30-7-2-5-11-38(30)49-19-18-29(24-49)28-14-17-32(21-28)50(25-33-8-6-20-52-33)41(51)37-22-36(44-45-37)27-12-15-31(43)16-13-27/h2-13,15-16,20,22,28-29,32H,14,17-19,21,23-26H2,1H3,(H,44,45). The molecule has 3 unspecified atom stereocenters. The molecule has 272 valence electrons. The van der Waals surface area contributed by atoms with Crippen LogP contribution in [0.15, 0.2) is 106 Å². The Hall–Kier alpha value is -5.26. The van der Waals surface area contributed by atoms with Crippen LogP contribution in [0, 0.1) is 17.7 Å². The highest BCUT2D eigenvalue weighted by atomic mass is 35.5. The van der Waals surface area contributed by atoms with Crippen LogP contribution >= 0.6 is 11.6 Å². The molecule has 6 aromatic rings. The van der Waals surface area contributed by atoms with E-state index in [0.29, 0.717) is 53.1 Å². The van der Waals surface area contributed by atoms with Crippen LogP contribution < -0.4 is 4.90 Å². The minimum Gasteiger partial charge on any atom is -0.467 e. The number of halogens is 2. The van der Waals surface area contributed by atoms with Gasteiger partial charge < -0.3 is 18.6 Å². The molecule has 1 amide bonds. The van der Waals surface area contributed by atoms with Crippen LogP contribution in [0.1, 0.15) is 53.4 Å². The van der Waals surface area contributed by atoms with Gasteiger partial charge in [0.25, 0.3) is 5.91 Å². The van der Waals surface area contributed by atoms with E-state index in [1.54, 1.807) is 24.5 Å². The van der Waals surface area contributed by atoms with Gasteiger partial charge >= 0.3 is 0 Å². The normalized spacial score (nSPS) is 18.6. The molecule has 2 aliphatic rings. The van der Waals surface area contributed by atoms with Crippen LogP contribution in [0.4, 0.5) is 10.1 Å². The maximum absolute atomic E-state index is 14.1. The molecule has 3 aromatic carbocycles. The first-order valence-electron chi connectivity index (χ1n) is 18.1. The van der Waals surface area contributed by atoms with Gasteiger partial charge in [0.15, 0.2) is 0 Å². The Labute approximate surface area is 312 Å². The largest absolute Gasteiger partial charge is 0.467 e. The minimum absolute atomic E-state index is 0.0771. The van der Waals surface area contributed by atoms with Crippen LogP contribution in [0.5, 0.6) is 0 Å². The second kappa shape index (κ2) is 15.4. The summed E-state index contributed by atoms with van der Waals surface area (Å²) < 4.78 is 25.2. The summed E-state index contributed by atoms with van der Waals surface area (Å²) in [6.07, 6.45) is 5.70. The topological polar surface area (TPSA) is 108 Å². The number of hydrogen-bond donors (Lipinski definition) is 1. The third-order valence-corrected chi connectivity index (χ3v) is 11.0. The van der Waals surface area contributed by atoms with Crippen LogP contribution in [0.25, 0.3) is 22.7 Å². The summed E-state index contributed by atoms with van der Waals surface area (Å²) >= 11 is 6.34. The smallest absolute Gasteiger partial charge is 0.272 e. The van der Waals surface area contributed by atoms with Gasteiger partial charge in [0.2, 0.25) is 11.8 Å². The lowest BCUT2D eigenvalue weighted by Crippen LogP contribution is -2.39. The molecule has 1 aliphatic carbocycles. The zero-order valence-corrected chi connectivity index (χ0v) is 30.3. The van der Waals surface area contributed by atoms with Gasteiger partial charge in [-0.2, -0.15) is 5.10 Å². The van der Waals surface area contributed by atoms with E-state index in [-0.39, 0.29) is 17.8 Å². The van der Waals surface area contributed by atoms with Gasteiger partial charge in [-0.25, -0.2) is 4.39 Å². The SMILES string of the molecule is CN(Cc1nnc(-c2ccccc2Cl)o1)Cc1ccccc1N1CCC(C2CCC(N(Cc3ccco3)C(=O)c3cc(-c4ccc(F)cc4)n[nH]3)C2)C1. The molecule has 8 rings (SSSR count). The van der Waals surface area contributed by atoms with Crippen LogP contribution in [0.3, 0.4) is 0 Å². The Morgan fingerprint density at radius 2 is 1.77 bits per heavy atom. The number of H-pyrrole nitrogens is 1. The van der Waals surface area contributed by atoms with Gasteiger partial charge in [0.05, 0.1) is 35.6 Å². The molecule has 4 heterocycles. The molecule has 3 atom stereocenters. The summed E-state index contributed by atoms with van der Waals surface area (Å²) in [5.41, 5.74) is 4.99. The Balaban J connectivity index is 0.911. The maximum Gasteiger partial charge on any atom is 0.272 e. The molecule has 0 radical (unpaired) electrons. The van der Waals surface area contributed by atoms with Gasteiger partial charge in [-0.15, -0.1) is 10.2 Å². The van der Waals surface area contributed by atoms with Crippen molar-refractivity contribution in [3.8, 4) is 22.7 Å². The number of rotatable bonds is 12. The van der Waals surface area contributed by atoms with Crippen molar-refractivity contribution in [3.05, 3.63) is 131 Å². The first-order chi connectivity index (χ1) is 25.9. The van der Waals surface area contributed by atoms with Gasteiger partial charge in [0, 0.05) is 36.9 Å². The predicted octanol–water partition coefficient (Wildman–Crippen LogP) is 8.48. The zero-order valence-electron chi connectivity index (χ0n) is 29.5. The highest BCUT2D eigenvalue weighted by molar-refractivity contribution is 6.33. The third kappa shape index (κ3) is 7.77. The fourth-order valence-corrected chi connectivity index (χ4v) is 8.19. The van der Waals surface area contributed by atoms with Crippen LogP contribution in [-0.4, -0.2) is 62.3 Å². The first-order valence-corrected chi connectivity index (χ1v) is 18.5. The zero-order chi connectivity index (χ0) is 36.3. The summed E-state index contributed by atoms with van der Waals surface area (Å²) in [5.74, 6) is 2.32. The Bertz CT molecular complexity index is 2150. The average molecular weight is 734 g/mol. The number of aromatic nitrogens is 4. The fourth-order valence-electron chi connectivity index (χ4n) is 7.98. The summed E-state index contributed by atoms with van der Waals surface area (Å²) in [5, 5.41) is 16.4. The van der Waals surface area contributed by atoms with Crippen molar-refractivity contribution in [2.45, 2.75) is 51.4 Å². The summed E-state index contributed by atoms with van der Waals surface area (Å²) in [4.78, 5) is 20.7. The lowest BCUT2D eigenvalue weighted by Gasteiger charge is -2.29. The molecule has 1 aliphatic heterocycles. The lowest BCUT2D eigenvalue weighted by atomic mass is 9.90. The van der Waals surface area contributed by atoms with Crippen molar-refractivity contribution in [1.82, 2.24) is 30.2 Å². The van der Waals surface area contributed by atoms with Crippen LogP contribution in [-0.2, 0) is 19.6 Å². The fraction of sp³-hybridized carbons (Fsp3) is 0.317. The van der Waals surface area contributed by atoms with Gasteiger partial charge in [-0.3, -0.25) is 14.8 Å². The quantitative estimate of drug-likeness (QED) is 0.134. The number of hydrogen-bond acceptors (Lipinski definition) is 8. The second-order valence-electron chi connectivity index (χ2n) is 14.2. The number of nitrogens with zero attached hydrogens (tertiary/aromatic N) is 6. The summed E-state index contributed by atoms with van der Waals surface area (Å²) in [6.45, 7) is 3.60. The molecular weight excluding hydrogens is 693 g/mol. The highest BCUT2D eigenvalue weighted by Gasteiger charge is 2.39. The number of anilines is 1. The molecular formula is C41H41ClFN7O3. The second-order valence-corrected chi connectivity index (χ2v) is 14.6. The predicted molar refractivity (Wildman–Crippen MR) is 200 cm³/mol. The Morgan fingerprint density at radius 3 is 2.60 bits per heavy atom. The minimum atomic E-state index is -0.315. The first kappa shape index (κ1) is 34.8. The molecule has 1 N–H and O–H groups in total. The molecule has 0 bridgehead atoms. The molecule has 0 spiro atoms. The van der Waals surface area contributed by atoms with Crippen molar-refractivity contribution in [2.75, 3.05) is 25.0 Å². The van der Waals surface area contributed by atoms with E-state index in [1.807, 2.05) is 41.3 Å². The molecule has 12 heteroatoms. The van der Waals surface area contributed by atoms with E-state index in [2.05, 4.69) is 61.5 Å². The van der Waals surface area contributed by atoms with E-state index >= 15 is 0 Å². The van der Waals surface area contributed by atoms with Crippen LogP contribution in [0.2, 0.25) is 5.02 Å². The number of nitrogens with one attached hydrogen (secondary N) is 1. The number of aromatic amines is 1. The molecule has 1 saturated heterocycles. The molecule has 10 nitrogen and oxygen atoms in total. The van der Waals surface area contributed by atoms with E-state index in [1.165, 1.54) is 23.4 Å². The third-order valence-electron chi connectivity index (χ3n) is 10.6. The molecule has 3 aromatic heterocycles. The van der Waals surface area contributed by atoms with E-state index in [4.69, 9.17) is 20.4 Å². The highest BCUT2D eigenvalue weighted by Crippen LogP contribution is 2.41. The van der Waals surface area contributed by atoms with Crippen molar-refractivity contribution >= 4 is 23.2 Å². The molecule has 1 saturated carbocycles. The van der Waals surface area contributed by atoms with E-state index in [9.17, 15) is 9.18 Å². The van der Waals surface area contributed by atoms with Crippen molar-refractivity contribution in [2.24, 2.45) is 11.8 Å². The average Bonchev–Trinajstić information content (AvgIpc) is 4.02. The summed E-state index contributed by atoms with van der Waals surface area (Å²) in [7, 11) is 2.06.